The van der Waals surface area contributed by atoms with Crippen LogP contribution in [0.1, 0.15) is 65.2 Å². The number of fused-ring (bicyclic) bond motifs is 4. The Morgan fingerprint density at radius 2 is 1.20 bits per heavy atom. The van der Waals surface area contributed by atoms with E-state index in [4.69, 9.17) is 0 Å². The summed E-state index contributed by atoms with van der Waals surface area (Å²) in [6.45, 7) is 5.57. The van der Waals surface area contributed by atoms with Gasteiger partial charge in [0.05, 0.1) is 0 Å². The molecule has 4 rings (SSSR count). The SMILES string of the molecule is CC(C)(CNC(=O)[C@H]1C[C@H]2CC[C@H]1C2)CNC(=O)[C@@H]1C[C@H]2CC[C@H]1C2. The van der Waals surface area contributed by atoms with Crippen LogP contribution in [0.4, 0.5) is 0 Å². The van der Waals surface area contributed by atoms with Crippen LogP contribution in [0.3, 0.4) is 0 Å². The normalized spacial score (nSPS) is 39.0. The molecule has 0 radical (unpaired) electrons. The minimum absolute atomic E-state index is 0.0967. The maximum absolute atomic E-state index is 12.5. The maximum Gasteiger partial charge on any atom is 0.223 e. The van der Waals surface area contributed by atoms with Crippen LogP contribution in [0.5, 0.6) is 0 Å². The van der Waals surface area contributed by atoms with E-state index < -0.39 is 0 Å². The predicted octanol–water partition coefficient (Wildman–Crippen LogP) is 3.12. The summed E-state index contributed by atoms with van der Waals surface area (Å²) in [5.74, 6) is 3.86. The lowest BCUT2D eigenvalue weighted by molar-refractivity contribution is -0.127. The van der Waals surface area contributed by atoms with Crippen molar-refractivity contribution in [1.82, 2.24) is 10.6 Å². The van der Waals surface area contributed by atoms with Crippen molar-refractivity contribution in [3.05, 3.63) is 0 Å². The van der Waals surface area contributed by atoms with Gasteiger partial charge in [-0.3, -0.25) is 9.59 Å². The average Bonchev–Trinajstić information content (AvgIpc) is 3.37. The molecule has 0 aromatic carbocycles. The predicted molar refractivity (Wildman–Crippen MR) is 97.7 cm³/mol. The smallest absolute Gasteiger partial charge is 0.223 e. The number of carbonyl (C=O) groups is 2. The molecule has 4 bridgehead atoms. The zero-order chi connectivity index (χ0) is 17.6. The standard InChI is InChI=1S/C21H34N2O2/c1-21(2,11-22-19(24)17-9-13-3-5-15(17)7-13)12-23-20(25)18-10-14-4-6-16(18)8-14/h13-18H,3-12H2,1-2H3,(H,22,24)(H,23,25)/t13-,14-,15-,16-,17-,18+/m0/s1. The first-order valence-corrected chi connectivity index (χ1v) is 10.5. The molecule has 4 nitrogen and oxygen atoms in total. The summed E-state index contributed by atoms with van der Waals surface area (Å²) in [5.41, 5.74) is -0.0967. The molecule has 0 spiro atoms. The molecule has 4 heteroatoms. The Hall–Kier alpha value is -1.06. The van der Waals surface area contributed by atoms with Crippen LogP contribution in [0.15, 0.2) is 0 Å². The van der Waals surface area contributed by atoms with Crippen LogP contribution < -0.4 is 10.6 Å². The van der Waals surface area contributed by atoms with Crippen LogP contribution >= 0.6 is 0 Å². The third-order valence-electron chi connectivity index (χ3n) is 7.63. The van der Waals surface area contributed by atoms with E-state index in [-0.39, 0.29) is 29.1 Å². The monoisotopic (exact) mass is 346 g/mol. The zero-order valence-corrected chi connectivity index (χ0v) is 15.9. The Kier molecular flexibility index (Phi) is 4.57. The molecule has 0 unspecified atom stereocenters. The topological polar surface area (TPSA) is 58.2 Å². The van der Waals surface area contributed by atoms with Gasteiger partial charge in [0.2, 0.25) is 11.8 Å². The first kappa shape index (κ1) is 17.4. The Morgan fingerprint density at radius 1 is 0.760 bits per heavy atom. The second kappa shape index (κ2) is 6.59. The van der Waals surface area contributed by atoms with Gasteiger partial charge >= 0.3 is 0 Å². The van der Waals surface area contributed by atoms with Gasteiger partial charge in [-0.1, -0.05) is 26.7 Å². The van der Waals surface area contributed by atoms with Crippen LogP contribution in [0.25, 0.3) is 0 Å². The fourth-order valence-corrected chi connectivity index (χ4v) is 6.11. The third kappa shape index (κ3) is 3.59. The maximum atomic E-state index is 12.5. The minimum Gasteiger partial charge on any atom is -0.355 e. The molecule has 2 amide bonds. The van der Waals surface area contributed by atoms with Crippen molar-refractivity contribution in [2.24, 2.45) is 40.9 Å². The Labute approximate surface area is 151 Å². The van der Waals surface area contributed by atoms with Gasteiger partial charge < -0.3 is 10.6 Å². The second-order valence-electron chi connectivity index (χ2n) is 10.2. The van der Waals surface area contributed by atoms with Crippen molar-refractivity contribution in [2.45, 2.75) is 65.2 Å². The summed E-state index contributed by atoms with van der Waals surface area (Å²) in [5, 5.41) is 6.36. The van der Waals surface area contributed by atoms with Crippen molar-refractivity contribution in [3.8, 4) is 0 Å². The van der Waals surface area contributed by atoms with Gasteiger partial charge in [-0.15, -0.1) is 0 Å². The second-order valence-corrected chi connectivity index (χ2v) is 10.2. The summed E-state index contributed by atoms with van der Waals surface area (Å²) < 4.78 is 0. The largest absolute Gasteiger partial charge is 0.355 e. The summed E-state index contributed by atoms with van der Waals surface area (Å²) in [6, 6.07) is 0. The van der Waals surface area contributed by atoms with E-state index in [1.165, 1.54) is 38.5 Å². The van der Waals surface area contributed by atoms with Crippen LogP contribution in [0, 0.1) is 40.9 Å². The van der Waals surface area contributed by atoms with Gasteiger partial charge in [-0.25, -0.2) is 0 Å². The molecule has 0 heterocycles. The van der Waals surface area contributed by atoms with E-state index in [0.29, 0.717) is 24.9 Å². The van der Waals surface area contributed by atoms with Gasteiger partial charge in [0.25, 0.3) is 0 Å². The molecule has 140 valence electrons. The van der Waals surface area contributed by atoms with E-state index in [1.54, 1.807) is 0 Å². The summed E-state index contributed by atoms with van der Waals surface area (Å²) in [7, 11) is 0. The van der Waals surface area contributed by atoms with Gasteiger partial charge in [0.15, 0.2) is 0 Å². The highest BCUT2D eigenvalue weighted by Gasteiger charge is 2.44. The molecule has 4 aliphatic rings. The quantitative estimate of drug-likeness (QED) is 0.776. The van der Waals surface area contributed by atoms with Crippen molar-refractivity contribution in [3.63, 3.8) is 0 Å². The molecular weight excluding hydrogens is 312 g/mol. The fraction of sp³-hybridized carbons (Fsp3) is 0.905. The van der Waals surface area contributed by atoms with E-state index in [9.17, 15) is 9.59 Å². The molecule has 0 aliphatic heterocycles. The van der Waals surface area contributed by atoms with E-state index >= 15 is 0 Å². The number of carbonyl (C=O) groups excluding carboxylic acids is 2. The number of hydrogen-bond acceptors (Lipinski definition) is 2. The average molecular weight is 347 g/mol. The number of nitrogens with one attached hydrogen (secondary N) is 2. The Balaban J connectivity index is 1.20. The molecule has 4 aliphatic carbocycles. The molecule has 0 aromatic heterocycles. The van der Waals surface area contributed by atoms with Crippen LogP contribution in [-0.2, 0) is 9.59 Å². The summed E-state index contributed by atoms with van der Waals surface area (Å²) in [4.78, 5) is 25.0. The first-order valence-electron chi connectivity index (χ1n) is 10.5. The van der Waals surface area contributed by atoms with E-state index in [0.717, 1.165) is 24.7 Å². The molecule has 6 atom stereocenters. The summed E-state index contributed by atoms with van der Waals surface area (Å²) >= 11 is 0. The van der Waals surface area contributed by atoms with Gasteiger partial charge in [-0.2, -0.15) is 0 Å². The first-order chi connectivity index (χ1) is 11.9. The van der Waals surface area contributed by atoms with E-state index in [1.807, 2.05) is 0 Å². The molecule has 2 N–H and O–H groups in total. The molecule has 4 saturated carbocycles. The molecular formula is C21H34N2O2. The summed E-state index contributed by atoms with van der Waals surface area (Å²) in [6.07, 6.45) is 9.86. The highest BCUT2D eigenvalue weighted by atomic mass is 16.2. The fourth-order valence-electron chi connectivity index (χ4n) is 6.11. The van der Waals surface area contributed by atoms with Crippen molar-refractivity contribution in [2.75, 3.05) is 13.1 Å². The van der Waals surface area contributed by atoms with E-state index in [2.05, 4.69) is 24.5 Å². The highest BCUT2D eigenvalue weighted by molar-refractivity contribution is 5.80. The molecule has 0 saturated heterocycles. The zero-order valence-electron chi connectivity index (χ0n) is 15.9. The highest BCUT2D eigenvalue weighted by Crippen LogP contribution is 2.49. The van der Waals surface area contributed by atoms with Crippen molar-refractivity contribution >= 4 is 11.8 Å². The van der Waals surface area contributed by atoms with Crippen LogP contribution in [0.2, 0.25) is 0 Å². The molecule has 4 fully saturated rings. The van der Waals surface area contributed by atoms with Gasteiger partial charge in [-0.05, 0) is 67.6 Å². The lowest BCUT2D eigenvalue weighted by Crippen LogP contribution is -2.45. The number of rotatable bonds is 6. The number of amides is 2. The lowest BCUT2D eigenvalue weighted by atomic mass is 9.86. The number of hydrogen-bond donors (Lipinski definition) is 2. The third-order valence-corrected chi connectivity index (χ3v) is 7.63. The van der Waals surface area contributed by atoms with Crippen molar-refractivity contribution < 1.29 is 9.59 Å². The van der Waals surface area contributed by atoms with Crippen molar-refractivity contribution in [1.29, 1.82) is 0 Å². The van der Waals surface area contributed by atoms with Crippen LogP contribution in [-0.4, -0.2) is 24.9 Å². The molecule has 0 aromatic rings. The lowest BCUT2D eigenvalue weighted by Gasteiger charge is -2.29. The Bertz CT molecular complexity index is 498. The minimum atomic E-state index is -0.0967. The molecule has 25 heavy (non-hydrogen) atoms. The van der Waals surface area contributed by atoms with Gasteiger partial charge in [0.1, 0.15) is 0 Å². The van der Waals surface area contributed by atoms with Gasteiger partial charge in [0, 0.05) is 24.9 Å². The Morgan fingerprint density at radius 3 is 1.52 bits per heavy atom.